The minimum atomic E-state index is 0.609. The van der Waals surface area contributed by atoms with Crippen LogP contribution in [0.25, 0.3) is 0 Å². The number of rotatable bonds is 4. The second-order valence-corrected chi connectivity index (χ2v) is 7.59. The van der Waals surface area contributed by atoms with Crippen molar-refractivity contribution in [1.82, 2.24) is 4.90 Å². The molecule has 2 aliphatic rings. The first-order chi connectivity index (χ1) is 12.2. The summed E-state index contributed by atoms with van der Waals surface area (Å²) in [4.78, 5) is 7.60. The van der Waals surface area contributed by atoms with Gasteiger partial charge in [0.05, 0.1) is 11.4 Å². The SMILES string of the molecule is CC(CN1CCN(c2ccc(Cl)cc2)c2ccccc21)N1CCCC1. The van der Waals surface area contributed by atoms with Crippen molar-refractivity contribution in [3.8, 4) is 0 Å². The van der Waals surface area contributed by atoms with Gasteiger partial charge in [0.2, 0.25) is 0 Å². The first-order valence-electron chi connectivity index (χ1n) is 9.33. The first kappa shape index (κ1) is 16.7. The number of benzene rings is 2. The normalized spacial score (nSPS) is 19.1. The lowest BCUT2D eigenvalue weighted by Gasteiger charge is -2.41. The average Bonchev–Trinajstić information content (AvgIpc) is 3.18. The molecule has 1 fully saturated rings. The summed E-state index contributed by atoms with van der Waals surface area (Å²) >= 11 is 6.06. The van der Waals surface area contributed by atoms with E-state index in [0.717, 1.165) is 24.7 Å². The number of para-hydroxylation sites is 2. The maximum Gasteiger partial charge on any atom is 0.0649 e. The third-order valence-corrected chi connectivity index (χ3v) is 5.75. The predicted octanol–water partition coefficient (Wildman–Crippen LogP) is 4.78. The van der Waals surface area contributed by atoms with Gasteiger partial charge in [-0.15, -0.1) is 0 Å². The van der Waals surface area contributed by atoms with Crippen molar-refractivity contribution in [1.29, 1.82) is 0 Å². The number of anilines is 3. The Morgan fingerprint density at radius 3 is 2.28 bits per heavy atom. The van der Waals surface area contributed by atoms with E-state index in [-0.39, 0.29) is 0 Å². The van der Waals surface area contributed by atoms with Crippen molar-refractivity contribution >= 4 is 28.7 Å². The summed E-state index contributed by atoms with van der Waals surface area (Å²) < 4.78 is 0. The van der Waals surface area contributed by atoms with Gasteiger partial charge in [-0.1, -0.05) is 23.7 Å². The number of hydrogen-bond acceptors (Lipinski definition) is 3. The van der Waals surface area contributed by atoms with E-state index in [2.05, 4.69) is 58.0 Å². The molecule has 0 bridgehead atoms. The van der Waals surface area contributed by atoms with Crippen molar-refractivity contribution in [2.45, 2.75) is 25.8 Å². The molecule has 2 aromatic carbocycles. The summed E-state index contributed by atoms with van der Waals surface area (Å²) in [5, 5.41) is 0.787. The molecule has 132 valence electrons. The molecule has 25 heavy (non-hydrogen) atoms. The molecule has 1 unspecified atom stereocenters. The Bertz CT molecular complexity index is 709. The summed E-state index contributed by atoms with van der Waals surface area (Å²) in [6.45, 7) is 8.05. The molecule has 2 aromatic rings. The standard InChI is InChI=1S/C21H26ClN3/c1-17(23-12-4-5-13-23)16-24-14-15-25(19-10-8-18(22)9-11-19)21-7-3-2-6-20(21)24/h2-3,6-11,17H,4-5,12-16H2,1H3. The van der Waals surface area contributed by atoms with Crippen molar-refractivity contribution < 1.29 is 0 Å². The van der Waals surface area contributed by atoms with Gasteiger partial charge in [0, 0.05) is 36.4 Å². The van der Waals surface area contributed by atoms with Crippen LogP contribution in [-0.2, 0) is 0 Å². The molecule has 0 amide bonds. The fourth-order valence-corrected chi connectivity index (χ4v) is 4.24. The predicted molar refractivity (Wildman–Crippen MR) is 107 cm³/mol. The van der Waals surface area contributed by atoms with Crippen molar-refractivity contribution in [3.63, 3.8) is 0 Å². The average molecular weight is 356 g/mol. The van der Waals surface area contributed by atoms with Crippen LogP contribution >= 0.6 is 11.6 Å². The number of likely N-dealkylation sites (tertiary alicyclic amines) is 1. The Kier molecular flexibility index (Phi) is 4.87. The van der Waals surface area contributed by atoms with Crippen molar-refractivity contribution in [2.24, 2.45) is 0 Å². The molecule has 0 saturated carbocycles. The Balaban J connectivity index is 1.57. The van der Waals surface area contributed by atoms with E-state index < -0.39 is 0 Å². The third kappa shape index (κ3) is 3.49. The zero-order chi connectivity index (χ0) is 17.2. The monoisotopic (exact) mass is 355 g/mol. The van der Waals surface area contributed by atoms with Gasteiger partial charge in [-0.05, 0) is 69.3 Å². The highest BCUT2D eigenvalue weighted by molar-refractivity contribution is 6.30. The highest BCUT2D eigenvalue weighted by Crippen LogP contribution is 2.38. The quantitative estimate of drug-likeness (QED) is 0.781. The third-order valence-electron chi connectivity index (χ3n) is 5.49. The Labute approximate surface area is 155 Å². The largest absolute Gasteiger partial charge is 0.367 e. The van der Waals surface area contributed by atoms with Crippen molar-refractivity contribution in [2.75, 3.05) is 42.5 Å². The van der Waals surface area contributed by atoms with Gasteiger partial charge in [-0.25, -0.2) is 0 Å². The summed E-state index contributed by atoms with van der Waals surface area (Å²) in [6.07, 6.45) is 2.70. The van der Waals surface area contributed by atoms with Crippen LogP contribution in [0, 0.1) is 0 Å². The molecule has 1 atom stereocenters. The van der Waals surface area contributed by atoms with Gasteiger partial charge in [0.25, 0.3) is 0 Å². The Morgan fingerprint density at radius 2 is 1.56 bits per heavy atom. The van der Waals surface area contributed by atoms with Crippen LogP contribution in [0.2, 0.25) is 5.02 Å². The molecule has 4 heteroatoms. The highest BCUT2D eigenvalue weighted by Gasteiger charge is 2.26. The number of nitrogens with zero attached hydrogens (tertiary/aromatic N) is 3. The van der Waals surface area contributed by atoms with Crippen LogP contribution < -0.4 is 9.80 Å². The molecule has 2 aliphatic heterocycles. The van der Waals surface area contributed by atoms with Gasteiger partial charge in [-0.2, -0.15) is 0 Å². The zero-order valence-corrected chi connectivity index (χ0v) is 15.6. The van der Waals surface area contributed by atoms with Gasteiger partial charge < -0.3 is 9.80 Å². The Morgan fingerprint density at radius 1 is 0.880 bits per heavy atom. The van der Waals surface area contributed by atoms with E-state index in [9.17, 15) is 0 Å². The second kappa shape index (κ2) is 7.27. The van der Waals surface area contributed by atoms with E-state index in [4.69, 9.17) is 11.6 Å². The zero-order valence-electron chi connectivity index (χ0n) is 14.9. The molecule has 2 heterocycles. The van der Waals surface area contributed by atoms with E-state index in [0.29, 0.717) is 6.04 Å². The van der Waals surface area contributed by atoms with Crippen LogP contribution in [0.15, 0.2) is 48.5 Å². The minimum absolute atomic E-state index is 0.609. The van der Waals surface area contributed by atoms with Gasteiger partial charge >= 0.3 is 0 Å². The summed E-state index contributed by atoms with van der Waals surface area (Å²) in [5.74, 6) is 0. The molecule has 0 spiro atoms. The van der Waals surface area contributed by atoms with Crippen LogP contribution in [0.1, 0.15) is 19.8 Å². The maximum atomic E-state index is 6.06. The summed E-state index contributed by atoms with van der Waals surface area (Å²) in [6, 6.07) is 17.6. The topological polar surface area (TPSA) is 9.72 Å². The smallest absolute Gasteiger partial charge is 0.0649 e. The van der Waals surface area contributed by atoms with Crippen molar-refractivity contribution in [3.05, 3.63) is 53.6 Å². The van der Waals surface area contributed by atoms with E-state index in [1.165, 1.54) is 43.0 Å². The highest BCUT2D eigenvalue weighted by atomic mass is 35.5. The number of fused-ring (bicyclic) bond motifs is 1. The van der Waals surface area contributed by atoms with Gasteiger partial charge in [0.15, 0.2) is 0 Å². The fraction of sp³-hybridized carbons (Fsp3) is 0.429. The van der Waals surface area contributed by atoms with E-state index in [1.54, 1.807) is 0 Å². The molecular weight excluding hydrogens is 330 g/mol. The van der Waals surface area contributed by atoms with Crippen LogP contribution in [0.3, 0.4) is 0 Å². The molecule has 3 nitrogen and oxygen atoms in total. The lowest BCUT2D eigenvalue weighted by atomic mass is 10.1. The van der Waals surface area contributed by atoms with Crippen LogP contribution in [0.5, 0.6) is 0 Å². The van der Waals surface area contributed by atoms with Crippen LogP contribution in [-0.4, -0.2) is 43.7 Å². The van der Waals surface area contributed by atoms with E-state index in [1.807, 2.05) is 12.1 Å². The molecule has 0 N–H and O–H groups in total. The number of hydrogen-bond donors (Lipinski definition) is 0. The molecule has 1 saturated heterocycles. The maximum absolute atomic E-state index is 6.06. The van der Waals surface area contributed by atoms with Gasteiger partial charge in [0.1, 0.15) is 0 Å². The lowest BCUT2D eigenvalue weighted by Crippen LogP contribution is -2.46. The molecule has 0 aromatic heterocycles. The minimum Gasteiger partial charge on any atom is -0.367 e. The fourth-order valence-electron chi connectivity index (χ4n) is 4.12. The van der Waals surface area contributed by atoms with E-state index >= 15 is 0 Å². The Hall–Kier alpha value is -1.71. The second-order valence-electron chi connectivity index (χ2n) is 7.15. The number of halogens is 1. The molecule has 0 aliphatic carbocycles. The molecule has 0 radical (unpaired) electrons. The molecule has 4 rings (SSSR count). The van der Waals surface area contributed by atoms with Crippen LogP contribution in [0.4, 0.5) is 17.1 Å². The summed E-state index contributed by atoms with van der Waals surface area (Å²) in [5.41, 5.74) is 3.85. The summed E-state index contributed by atoms with van der Waals surface area (Å²) in [7, 11) is 0. The molecular formula is C21H26ClN3. The van der Waals surface area contributed by atoms with Gasteiger partial charge in [-0.3, -0.25) is 4.90 Å². The first-order valence-corrected chi connectivity index (χ1v) is 9.71. The lowest BCUT2D eigenvalue weighted by molar-refractivity contribution is 0.260.